The van der Waals surface area contributed by atoms with E-state index in [4.69, 9.17) is 9.47 Å². The van der Waals surface area contributed by atoms with Crippen molar-refractivity contribution >= 4 is 15.9 Å². The van der Waals surface area contributed by atoms with E-state index in [2.05, 4.69) is 64.6 Å². The molecule has 0 saturated heterocycles. The molecule has 0 fully saturated rings. The second kappa shape index (κ2) is 9.58. The quantitative estimate of drug-likeness (QED) is 0.506. The van der Waals surface area contributed by atoms with Gasteiger partial charge in [-0.15, -0.1) is 0 Å². The molecule has 4 heteroatoms. The van der Waals surface area contributed by atoms with Crippen LogP contribution in [-0.2, 0) is 19.7 Å². The van der Waals surface area contributed by atoms with Crippen LogP contribution in [0.2, 0.25) is 0 Å². The van der Waals surface area contributed by atoms with Crippen LogP contribution < -0.4 is 14.8 Å². The lowest BCUT2D eigenvalue weighted by Gasteiger charge is -2.17. The summed E-state index contributed by atoms with van der Waals surface area (Å²) < 4.78 is 12.7. The number of nitrogens with one attached hydrogen (secondary N) is 1. The van der Waals surface area contributed by atoms with Crippen LogP contribution in [0.1, 0.15) is 22.3 Å². The van der Waals surface area contributed by atoms with Crippen molar-refractivity contribution in [1.29, 1.82) is 0 Å². The highest BCUT2D eigenvalue weighted by atomic mass is 79.9. The summed E-state index contributed by atoms with van der Waals surface area (Å²) in [6.45, 7) is 4.07. The molecule has 0 unspecified atom stereocenters. The number of hydrogen-bond acceptors (Lipinski definition) is 3. The van der Waals surface area contributed by atoms with E-state index in [1.165, 1.54) is 11.1 Å². The molecule has 0 amide bonds. The van der Waals surface area contributed by atoms with Gasteiger partial charge in [0, 0.05) is 23.1 Å². The Bertz CT molecular complexity index is 864. The third kappa shape index (κ3) is 5.34. The van der Waals surface area contributed by atoms with Crippen molar-refractivity contribution in [2.24, 2.45) is 0 Å². The van der Waals surface area contributed by atoms with Crippen LogP contribution in [0.15, 0.2) is 71.2 Å². The second-order valence-electron chi connectivity index (χ2n) is 6.42. The first-order valence-corrected chi connectivity index (χ1v) is 9.75. The monoisotopic (exact) mass is 425 g/mol. The van der Waals surface area contributed by atoms with Crippen LogP contribution in [-0.4, -0.2) is 7.11 Å². The predicted octanol–water partition coefficient (Wildman–Crippen LogP) is 5.63. The third-order valence-corrected chi connectivity index (χ3v) is 5.11. The normalized spacial score (nSPS) is 10.6. The smallest absolute Gasteiger partial charge is 0.167 e. The molecule has 3 rings (SSSR count). The average Bonchev–Trinajstić information content (AvgIpc) is 2.70. The van der Waals surface area contributed by atoms with Gasteiger partial charge < -0.3 is 14.8 Å². The van der Waals surface area contributed by atoms with Gasteiger partial charge in [0.1, 0.15) is 6.61 Å². The van der Waals surface area contributed by atoms with E-state index in [9.17, 15) is 0 Å². The Hall–Kier alpha value is -2.30. The van der Waals surface area contributed by atoms with Crippen molar-refractivity contribution in [3.8, 4) is 11.5 Å². The molecule has 3 aromatic rings. The molecule has 0 aliphatic carbocycles. The van der Waals surface area contributed by atoms with Crippen LogP contribution in [0, 0.1) is 6.92 Å². The molecule has 0 aromatic heterocycles. The number of rotatable bonds is 8. The van der Waals surface area contributed by atoms with Gasteiger partial charge in [-0.2, -0.15) is 0 Å². The summed E-state index contributed by atoms with van der Waals surface area (Å²) in [7, 11) is 1.67. The maximum atomic E-state index is 6.15. The van der Waals surface area contributed by atoms with Crippen molar-refractivity contribution in [2.45, 2.75) is 26.6 Å². The molecule has 27 heavy (non-hydrogen) atoms. The molecule has 0 atom stereocenters. The highest BCUT2D eigenvalue weighted by molar-refractivity contribution is 9.10. The first kappa shape index (κ1) is 19.5. The SMILES string of the molecule is COc1ccc(Br)c(CNCc2ccc(C)cc2)c1OCc1ccccc1. The van der Waals surface area contributed by atoms with Crippen molar-refractivity contribution < 1.29 is 9.47 Å². The molecule has 3 nitrogen and oxygen atoms in total. The van der Waals surface area contributed by atoms with Gasteiger partial charge in [0.25, 0.3) is 0 Å². The largest absolute Gasteiger partial charge is 0.493 e. The lowest BCUT2D eigenvalue weighted by molar-refractivity contribution is 0.280. The highest BCUT2D eigenvalue weighted by Crippen LogP contribution is 2.36. The fourth-order valence-corrected chi connectivity index (χ4v) is 3.29. The van der Waals surface area contributed by atoms with Gasteiger partial charge in [0.15, 0.2) is 11.5 Å². The molecule has 0 heterocycles. The summed E-state index contributed by atoms with van der Waals surface area (Å²) in [5.74, 6) is 1.51. The van der Waals surface area contributed by atoms with Gasteiger partial charge >= 0.3 is 0 Å². The lowest BCUT2D eigenvalue weighted by atomic mass is 10.1. The molecule has 0 saturated carbocycles. The number of ether oxygens (including phenoxy) is 2. The zero-order valence-corrected chi connectivity index (χ0v) is 17.3. The van der Waals surface area contributed by atoms with Crippen LogP contribution in [0.5, 0.6) is 11.5 Å². The molecular weight excluding hydrogens is 402 g/mol. The maximum absolute atomic E-state index is 6.15. The minimum absolute atomic E-state index is 0.499. The minimum Gasteiger partial charge on any atom is -0.493 e. The number of halogens is 1. The van der Waals surface area contributed by atoms with Gasteiger partial charge in [-0.1, -0.05) is 76.1 Å². The molecule has 0 bridgehead atoms. The Labute approximate surface area is 169 Å². The minimum atomic E-state index is 0.499. The van der Waals surface area contributed by atoms with Gasteiger partial charge in [-0.05, 0) is 30.2 Å². The van der Waals surface area contributed by atoms with Crippen molar-refractivity contribution in [3.63, 3.8) is 0 Å². The maximum Gasteiger partial charge on any atom is 0.167 e. The van der Waals surface area contributed by atoms with E-state index >= 15 is 0 Å². The zero-order valence-electron chi connectivity index (χ0n) is 15.7. The first-order valence-electron chi connectivity index (χ1n) is 8.95. The van der Waals surface area contributed by atoms with E-state index in [0.717, 1.165) is 33.6 Å². The molecule has 0 spiro atoms. The Morgan fingerprint density at radius 1 is 0.852 bits per heavy atom. The summed E-state index contributed by atoms with van der Waals surface area (Å²) in [6, 6.07) is 22.6. The fourth-order valence-electron chi connectivity index (χ4n) is 2.83. The van der Waals surface area contributed by atoms with Crippen molar-refractivity contribution in [1.82, 2.24) is 5.32 Å². The Balaban J connectivity index is 1.73. The second-order valence-corrected chi connectivity index (χ2v) is 7.28. The van der Waals surface area contributed by atoms with Crippen LogP contribution in [0.4, 0.5) is 0 Å². The zero-order chi connectivity index (χ0) is 19.1. The number of benzene rings is 3. The van der Waals surface area contributed by atoms with E-state index in [1.807, 2.05) is 30.3 Å². The number of methoxy groups -OCH3 is 1. The molecule has 3 aromatic carbocycles. The standard InChI is InChI=1S/C23H24BrNO2/c1-17-8-10-18(11-9-17)14-25-15-20-21(24)12-13-22(26-2)23(20)27-16-19-6-4-3-5-7-19/h3-13,25H,14-16H2,1-2H3. The average molecular weight is 426 g/mol. The lowest BCUT2D eigenvalue weighted by Crippen LogP contribution is -2.14. The van der Waals surface area contributed by atoms with Gasteiger partial charge in [-0.25, -0.2) is 0 Å². The van der Waals surface area contributed by atoms with Crippen molar-refractivity contribution in [3.05, 3.63) is 93.5 Å². The van der Waals surface area contributed by atoms with Gasteiger partial charge in [0.2, 0.25) is 0 Å². The molecule has 140 valence electrons. The van der Waals surface area contributed by atoms with E-state index in [1.54, 1.807) is 7.11 Å². The van der Waals surface area contributed by atoms with Crippen LogP contribution in [0.3, 0.4) is 0 Å². The van der Waals surface area contributed by atoms with Crippen molar-refractivity contribution in [2.75, 3.05) is 7.11 Å². The summed E-state index contributed by atoms with van der Waals surface area (Å²) >= 11 is 3.66. The van der Waals surface area contributed by atoms with Gasteiger partial charge in [0.05, 0.1) is 7.11 Å². The molecule has 0 aliphatic heterocycles. The molecule has 1 N–H and O–H groups in total. The number of aryl methyl sites for hydroxylation is 1. The summed E-state index contributed by atoms with van der Waals surface area (Å²) in [6.07, 6.45) is 0. The topological polar surface area (TPSA) is 30.5 Å². The molecular formula is C23H24BrNO2. The van der Waals surface area contributed by atoms with E-state index in [0.29, 0.717) is 13.2 Å². The highest BCUT2D eigenvalue weighted by Gasteiger charge is 2.14. The first-order chi connectivity index (χ1) is 13.2. The third-order valence-electron chi connectivity index (χ3n) is 4.36. The van der Waals surface area contributed by atoms with E-state index < -0.39 is 0 Å². The van der Waals surface area contributed by atoms with Crippen LogP contribution in [0.25, 0.3) is 0 Å². The summed E-state index contributed by atoms with van der Waals surface area (Å²) in [5.41, 5.74) is 4.70. The van der Waals surface area contributed by atoms with E-state index in [-0.39, 0.29) is 0 Å². The molecule has 0 aliphatic rings. The van der Waals surface area contributed by atoms with Crippen LogP contribution >= 0.6 is 15.9 Å². The Morgan fingerprint density at radius 2 is 1.59 bits per heavy atom. The summed E-state index contributed by atoms with van der Waals surface area (Å²) in [4.78, 5) is 0. The Morgan fingerprint density at radius 3 is 2.30 bits per heavy atom. The predicted molar refractivity (Wildman–Crippen MR) is 113 cm³/mol. The fraction of sp³-hybridized carbons (Fsp3) is 0.217. The van der Waals surface area contributed by atoms with Gasteiger partial charge in [-0.3, -0.25) is 0 Å². The number of hydrogen-bond donors (Lipinski definition) is 1. The molecule has 0 radical (unpaired) electrons. The Kier molecular flexibility index (Phi) is 6.91. The summed E-state index contributed by atoms with van der Waals surface area (Å²) in [5, 5.41) is 3.50.